The van der Waals surface area contributed by atoms with E-state index in [-0.39, 0.29) is 31.1 Å². The number of carbonyl (C=O) groups excluding carboxylic acids is 3. The molecule has 0 aliphatic rings. The first-order valence-electron chi connectivity index (χ1n) is 30.5. The third kappa shape index (κ3) is 56.4. The lowest BCUT2D eigenvalue weighted by atomic mass is 10.0. The summed E-state index contributed by atoms with van der Waals surface area (Å²) in [5.41, 5.74) is 0. The summed E-state index contributed by atoms with van der Waals surface area (Å²) < 4.78 is 16.8. The highest BCUT2D eigenvalue weighted by Gasteiger charge is 2.19. The van der Waals surface area contributed by atoms with Crippen LogP contribution >= 0.6 is 0 Å². The number of esters is 3. The molecule has 0 fully saturated rings. The number of hydrogen-bond donors (Lipinski definition) is 0. The molecule has 6 nitrogen and oxygen atoms in total. The summed E-state index contributed by atoms with van der Waals surface area (Å²) in [6.45, 7) is 6.58. The average Bonchev–Trinajstić information content (AvgIpc) is 3.35. The van der Waals surface area contributed by atoms with Crippen LogP contribution in [-0.2, 0) is 28.6 Å². The first kappa shape index (κ1) is 66.6. The smallest absolute Gasteiger partial charge is 0.306 e. The molecule has 0 aliphatic carbocycles. The third-order valence-electron chi connectivity index (χ3n) is 13.6. The Hall–Kier alpha value is -2.37. The second-order valence-corrected chi connectivity index (χ2v) is 20.6. The first-order chi connectivity index (χ1) is 34.0. The molecule has 0 saturated heterocycles. The highest BCUT2D eigenvalue weighted by molar-refractivity contribution is 5.71. The molecular formula is C63H116O6. The number of allylic oxidation sites excluding steroid dienone is 6. The molecule has 69 heavy (non-hydrogen) atoms. The van der Waals surface area contributed by atoms with Crippen LogP contribution in [0.25, 0.3) is 0 Å². The minimum atomic E-state index is -0.780. The van der Waals surface area contributed by atoms with Gasteiger partial charge >= 0.3 is 17.9 Å². The third-order valence-corrected chi connectivity index (χ3v) is 13.6. The van der Waals surface area contributed by atoms with E-state index < -0.39 is 6.10 Å². The van der Waals surface area contributed by atoms with Crippen molar-refractivity contribution in [3.05, 3.63) is 36.5 Å². The second kappa shape index (κ2) is 58.2. The summed E-state index contributed by atoms with van der Waals surface area (Å²) in [7, 11) is 0. The molecule has 0 spiro atoms. The van der Waals surface area contributed by atoms with Crippen molar-refractivity contribution in [2.45, 2.75) is 335 Å². The normalized spacial score (nSPS) is 12.2. The average molecular weight is 970 g/mol. The molecule has 0 bridgehead atoms. The van der Waals surface area contributed by atoms with Crippen LogP contribution < -0.4 is 0 Å². The largest absolute Gasteiger partial charge is 0.462 e. The number of hydrogen-bond acceptors (Lipinski definition) is 6. The molecule has 0 rings (SSSR count). The molecule has 1 unspecified atom stereocenters. The molecule has 6 heteroatoms. The SMILES string of the molecule is CCC/C=C\C/C=C\CCCCCCCC(=O)OC(COC(=O)CCCCCCC/C=C\CCCCC)COC(=O)CCCCCCCCCCCCCCCCCCCCCCCCCCCC. The standard InChI is InChI=1S/C63H116O6/c1-4-7-10-13-16-19-22-25-26-27-28-29-30-31-32-33-34-35-36-37-39-41-44-47-50-53-56-62(65)68-59-60(58-67-61(64)55-52-49-46-43-40-24-21-18-15-12-9-6-3)69-63(66)57-54-51-48-45-42-38-23-20-17-14-11-8-5-2/h11,14,18,20-21,23,60H,4-10,12-13,15-17,19,22,24-59H2,1-3H3/b14-11-,21-18-,23-20-. The van der Waals surface area contributed by atoms with E-state index in [1.165, 1.54) is 193 Å². The van der Waals surface area contributed by atoms with Gasteiger partial charge in [0.1, 0.15) is 13.2 Å². The highest BCUT2D eigenvalue weighted by Crippen LogP contribution is 2.17. The van der Waals surface area contributed by atoms with Crippen molar-refractivity contribution >= 4 is 17.9 Å². The maximum absolute atomic E-state index is 12.8. The van der Waals surface area contributed by atoms with Crippen molar-refractivity contribution in [2.24, 2.45) is 0 Å². The van der Waals surface area contributed by atoms with E-state index in [2.05, 4.69) is 57.2 Å². The fraction of sp³-hybridized carbons (Fsp3) is 0.857. The van der Waals surface area contributed by atoms with Gasteiger partial charge in [0.2, 0.25) is 0 Å². The van der Waals surface area contributed by atoms with Crippen LogP contribution in [0.2, 0.25) is 0 Å². The van der Waals surface area contributed by atoms with Crippen molar-refractivity contribution in [3.63, 3.8) is 0 Å². The zero-order chi connectivity index (χ0) is 50.0. The van der Waals surface area contributed by atoms with E-state index in [1.807, 2.05) is 0 Å². The van der Waals surface area contributed by atoms with Crippen LogP contribution in [0, 0.1) is 0 Å². The van der Waals surface area contributed by atoms with Gasteiger partial charge in [-0.05, 0) is 70.6 Å². The van der Waals surface area contributed by atoms with Gasteiger partial charge in [-0.3, -0.25) is 14.4 Å². The molecule has 404 valence electrons. The number of unbranched alkanes of at least 4 members (excludes halogenated alkanes) is 39. The summed E-state index contributed by atoms with van der Waals surface area (Å²) in [5.74, 6) is -0.885. The van der Waals surface area contributed by atoms with Crippen molar-refractivity contribution in [3.8, 4) is 0 Å². The molecule has 0 aliphatic heterocycles. The van der Waals surface area contributed by atoms with Crippen molar-refractivity contribution in [1.82, 2.24) is 0 Å². The Morgan fingerprint density at radius 3 is 0.899 bits per heavy atom. The minimum Gasteiger partial charge on any atom is -0.462 e. The Kier molecular flexibility index (Phi) is 56.2. The molecule has 0 aromatic rings. The van der Waals surface area contributed by atoms with Gasteiger partial charge in [0.05, 0.1) is 0 Å². The first-order valence-corrected chi connectivity index (χ1v) is 30.5. The van der Waals surface area contributed by atoms with Crippen molar-refractivity contribution in [2.75, 3.05) is 13.2 Å². The quantitative estimate of drug-likeness (QED) is 0.0261. The number of rotatable bonds is 56. The molecule has 0 saturated carbocycles. The molecule has 0 amide bonds. The molecule has 0 heterocycles. The maximum atomic E-state index is 12.8. The van der Waals surface area contributed by atoms with E-state index in [1.54, 1.807) is 0 Å². The minimum absolute atomic E-state index is 0.0771. The fourth-order valence-corrected chi connectivity index (χ4v) is 9.01. The van der Waals surface area contributed by atoms with E-state index in [0.29, 0.717) is 19.3 Å². The molecule has 0 aromatic carbocycles. The zero-order valence-electron chi connectivity index (χ0n) is 46.3. The van der Waals surface area contributed by atoms with Crippen molar-refractivity contribution < 1.29 is 28.6 Å². The van der Waals surface area contributed by atoms with Gasteiger partial charge in [-0.15, -0.1) is 0 Å². The summed E-state index contributed by atoms with van der Waals surface area (Å²) >= 11 is 0. The Morgan fingerprint density at radius 1 is 0.290 bits per heavy atom. The van der Waals surface area contributed by atoms with E-state index in [9.17, 15) is 14.4 Å². The monoisotopic (exact) mass is 969 g/mol. The van der Waals surface area contributed by atoms with Crippen LogP contribution in [0.15, 0.2) is 36.5 Å². The predicted molar refractivity (Wildman–Crippen MR) is 298 cm³/mol. The lowest BCUT2D eigenvalue weighted by Gasteiger charge is -2.18. The fourth-order valence-electron chi connectivity index (χ4n) is 9.01. The summed E-state index contributed by atoms with van der Waals surface area (Å²) in [4.78, 5) is 38.1. The van der Waals surface area contributed by atoms with Gasteiger partial charge in [0.25, 0.3) is 0 Å². The Balaban J connectivity index is 4.16. The Bertz CT molecular complexity index is 1160. The van der Waals surface area contributed by atoms with Gasteiger partial charge < -0.3 is 14.2 Å². The van der Waals surface area contributed by atoms with Crippen LogP contribution in [0.5, 0.6) is 0 Å². The summed E-state index contributed by atoms with van der Waals surface area (Å²) in [6, 6.07) is 0. The van der Waals surface area contributed by atoms with Gasteiger partial charge in [-0.2, -0.15) is 0 Å². The molecule has 0 N–H and O–H groups in total. The molecule has 1 atom stereocenters. The highest BCUT2D eigenvalue weighted by atomic mass is 16.6. The summed E-state index contributed by atoms with van der Waals surface area (Å²) in [6.07, 6.45) is 70.2. The van der Waals surface area contributed by atoms with Crippen LogP contribution in [0.3, 0.4) is 0 Å². The zero-order valence-corrected chi connectivity index (χ0v) is 46.3. The Labute approximate surface area is 429 Å². The summed E-state index contributed by atoms with van der Waals surface area (Å²) in [5, 5.41) is 0. The van der Waals surface area contributed by atoms with Gasteiger partial charge in [0, 0.05) is 19.3 Å². The molecule has 0 aromatic heterocycles. The van der Waals surface area contributed by atoms with Gasteiger partial charge in [0.15, 0.2) is 6.10 Å². The topological polar surface area (TPSA) is 78.9 Å². The van der Waals surface area contributed by atoms with Crippen molar-refractivity contribution in [1.29, 1.82) is 0 Å². The second-order valence-electron chi connectivity index (χ2n) is 20.6. The Morgan fingerprint density at radius 2 is 0.551 bits per heavy atom. The number of ether oxygens (including phenoxy) is 3. The van der Waals surface area contributed by atoms with Crippen LogP contribution in [0.1, 0.15) is 329 Å². The predicted octanol–water partition coefficient (Wildman–Crippen LogP) is 20.4. The van der Waals surface area contributed by atoms with E-state index >= 15 is 0 Å². The lowest BCUT2D eigenvalue weighted by molar-refractivity contribution is -0.167. The van der Waals surface area contributed by atoms with E-state index in [4.69, 9.17) is 14.2 Å². The van der Waals surface area contributed by atoms with E-state index in [0.717, 1.165) is 96.3 Å². The molecular weight excluding hydrogens is 853 g/mol. The maximum Gasteiger partial charge on any atom is 0.306 e. The molecule has 0 radical (unpaired) electrons. The van der Waals surface area contributed by atoms with Crippen LogP contribution in [-0.4, -0.2) is 37.2 Å². The number of carbonyl (C=O) groups is 3. The van der Waals surface area contributed by atoms with Gasteiger partial charge in [-0.25, -0.2) is 0 Å². The van der Waals surface area contributed by atoms with Gasteiger partial charge in [-0.1, -0.05) is 276 Å². The van der Waals surface area contributed by atoms with Crippen LogP contribution in [0.4, 0.5) is 0 Å². The lowest BCUT2D eigenvalue weighted by Crippen LogP contribution is -2.30.